The Morgan fingerprint density at radius 3 is 2.65 bits per heavy atom. The number of amides is 1. The average Bonchev–Trinajstić information content (AvgIpc) is 2.58. The highest BCUT2D eigenvalue weighted by Crippen LogP contribution is 2.13. The SMILES string of the molecule is Cc1ccccc1C(=O)N[C@@H]1CCS(=O)(=O)C1. The number of benzene rings is 1. The molecule has 0 radical (unpaired) electrons. The number of rotatable bonds is 2. The lowest BCUT2D eigenvalue weighted by Gasteiger charge is -2.12. The Kier molecular flexibility index (Phi) is 3.19. The fourth-order valence-corrected chi connectivity index (χ4v) is 3.67. The highest BCUT2D eigenvalue weighted by molar-refractivity contribution is 7.91. The zero-order chi connectivity index (χ0) is 12.5. The van der Waals surface area contributed by atoms with Gasteiger partial charge in [0, 0.05) is 11.6 Å². The van der Waals surface area contributed by atoms with E-state index in [2.05, 4.69) is 5.32 Å². The van der Waals surface area contributed by atoms with Crippen LogP contribution < -0.4 is 5.32 Å². The van der Waals surface area contributed by atoms with Crippen molar-refractivity contribution >= 4 is 15.7 Å². The standard InChI is InChI=1S/C12H15NO3S/c1-9-4-2-3-5-11(9)12(14)13-10-6-7-17(15,16)8-10/h2-5,10H,6-8H2,1H3,(H,13,14)/t10-/m1/s1. The lowest BCUT2D eigenvalue weighted by molar-refractivity contribution is 0.0940. The Bertz CT molecular complexity index is 536. The molecule has 1 fully saturated rings. The van der Waals surface area contributed by atoms with Crippen LogP contribution in [0.15, 0.2) is 24.3 Å². The Morgan fingerprint density at radius 1 is 1.35 bits per heavy atom. The lowest BCUT2D eigenvalue weighted by atomic mass is 10.1. The average molecular weight is 253 g/mol. The van der Waals surface area contributed by atoms with E-state index >= 15 is 0 Å². The number of carbonyl (C=O) groups excluding carboxylic acids is 1. The molecule has 0 bridgehead atoms. The third kappa shape index (κ3) is 2.85. The first kappa shape index (κ1) is 12.1. The van der Waals surface area contributed by atoms with Crippen molar-refractivity contribution in [1.29, 1.82) is 0 Å². The van der Waals surface area contributed by atoms with Crippen LogP contribution in [0.2, 0.25) is 0 Å². The van der Waals surface area contributed by atoms with E-state index in [0.29, 0.717) is 12.0 Å². The van der Waals surface area contributed by atoms with Gasteiger partial charge in [-0.05, 0) is 25.0 Å². The maximum absolute atomic E-state index is 11.9. The quantitative estimate of drug-likeness (QED) is 0.852. The van der Waals surface area contributed by atoms with E-state index in [9.17, 15) is 13.2 Å². The summed E-state index contributed by atoms with van der Waals surface area (Å²) in [6.45, 7) is 1.86. The van der Waals surface area contributed by atoms with Crippen LogP contribution in [-0.4, -0.2) is 31.9 Å². The number of hydrogen-bond acceptors (Lipinski definition) is 3. The van der Waals surface area contributed by atoms with Gasteiger partial charge in [-0.25, -0.2) is 8.42 Å². The monoisotopic (exact) mass is 253 g/mol. The summed E-state index contributed by atoms with van der Waals surface area (Å²) >= 11 is 0. The fraction of sp³-hybridized carbons (Fsp3) is 0.417. The summed E-state index contributed by atoms with van der Waals surface area (Å²) in [5.74, 6) is 0.0429. The molecule has 92 valence electrons. The zero-order valence-electron chi connectivity index (χ0n) is 9.64. The minimum atomic E-state index is -2.95. The Hall–Kier alpha value is -1.36. The smallest absolute Gasteiger partial charge is 0.251 e. The molecule has 17 heavy (non-hydrogen) atoms. The summed E-state index contributed by atoms with van der Waals surface area (Å²) in [6.07, 6.45) is 0.514. The second kappa shape index (κ2) is 4.49. The van der Waals surface area contributed by atoms with Crippen LogP contribution in [0.4, 0.5) is 0 Å². The van der Waals surface area contributed by atoms with Gasteiger partial charge in [-0.3, -0.25) is 4.79 Å². The molecule has 0 saturated carbocycles. The van der Waals surface area contributed by atoms with Gasteiger partial charge in [-0.2, -0.15) is 0 Å². The predicted octanol–water partition coefficient (Wildman–Crippen LogP) is 0.912. The van der Waals surface area contributed by atoms with Gasteiger partial charge >= 0.3 is 0 Å². The van der Waals surface area contributed by atoms with Gasteiger partial charge in [0.25, 0.3) is 5.91 Å². The molecule has 1 atom stereocenters. The lowest BCUT2D eigenvalue weighted by Crippen LogP contribution is -2.35. The van der Waals surface area contributed by atoms with E-state index in [4.69, 9.17) is 0 Å². The third-order valence-corrected chi connectivity index (χ3v) is 4.73. The van der Waals surface area contributed by atoms with E-state index in [1.54, 1.807) is 12.1 Å². The summed E-state index contributed by atoms with van der Waals surface area (Å²) < 4.78 is 22.5. The van der Waals surface area contributed by atoms with Gasteiger partial charge in [0.2, 0.25) is 0 Å². The van der Waals surface area contributed by atoms with Crippen LogP contribution in [-0.2, 0) is 9.84 Å². The molecule has 1 heterocycles. The molecule has 0 spiro atoms. The fourth-order valence-electron chi connectivity index (χ4n) is 2.00. The van der Waals surface area contributed by atoms with Crippen LogP contribution >= 0.6 is 0 Å². The second-order valence-corrected chi connectivity index (χ2v) is 6.62. The molecule has 1 aromatic carbocycles. The van der Waals surface area contributed by atoms with Crippen molar-refractivity contribution in [3.63, 3.8) is 0 Å². The van der Waals surface area contributed by atoms with Crippen molar-refractivity contribution in [3.05, 3.63) is 35.4 Å². The van der Waals surface area contributed by atoms with Crippen molar-refractivity contribution < 1.29 is 13.2 Å². The van der Waals surface area contributed by atoms with Crippen LogP contribution in [0.3, 0.4) is 0 Å². The first-order valence-electron chi connectivity index (χ1n) is 5.55. The van der Waals surface area contributed by atoms with Crippen molar-refractivity contribution in [3.8, 4) is 0 Å². The van der Waals surface area contributed by atoms with E-state index < -0.39 is 9.84 Å². The van der Waals surface area contributed by atoms with Crippen molar-refractivity contribution in [1.82, 2.24) is 5.32 Å². The van der Waals surface area contributed by atoms with Gasteiger partial charge in [0.15, 0.2) is 9.84 Å². The number of hydrogen-bond donors (Lipinski definition) is 1. The van der Waals surface area contributed by atoms with E-state index in [-0.39, 0.29) is 23.5 Å². The molecule has 1 N–H and O–H groups in total. The van der Waals surface area contributed by atoms with Crippen molar-refractivity contribution in [2.45, 2.75) is 19.4 Å². The maximum atomic E-state index is 11.9. The summed E-state index contributed by atoms with van der Waals surface area (Å²) in [7, 11) is -2.95. The molecule has 1 aliphatic heterocycles. The minimum Gasteiger partial charge on any atom is -0.348 e. The molecule has 2 rings (SSSR count). The van der Waals surface area contributed by atoms with E-state index in [0.717, 1.165) is 5.56 Å². The van der Waals surface area contributed by atoms with Gasteiger partial charge in [-0.1, -0.05) is 18.2 Å². The molecule has 0 aromatic heterocycles. The second-order valence-electron chi connectivity index (χ2n) is 4.39. The molecule has 0 unspecified atom stereocenters. The highest BCUT2D eigenvalue weighted by atomic mass is 32.2. The maximum Gasteiger partial charge on any atom is 0.251 e. The van der Waals surface area contributed by atoms with Crippen LogP contribution in [0, 0.1) is 6.92 Å². The molecule has 1 saturated heterocycles. The first-order chi connectivity index (χ1) is 7.98. The molecular formula is C12H15NO3S. The van der Waals surface area contributed by atoms with Crippen LogP contribution in [0.5, 0.6) is 0 Å². The number of carbonyl (C=O) groups is 1. The number of aryl methyl sites for hydroxylation is 1. The van der Waals surface area contributed by atoms with E-state index in [1.165, 1.54) is 0 Å². The zero-order valence-corrected chi connectivity index (χ0v) is 10.5. The molecular weight excluding hydrogens is 238 g/mol. The van der Waals surface area contributed by atoms with Crippen LogP contribution in [0.25, 0.3) is 0 Å². The van der Waals surface area contributed by atoms with Crippen molar-refractivity contribution in [2.24, 2.45) is 0 Å². The summed E-state index contributed by atoms with van der Waals surface area (Å²) in [5, 5.41) is 2.77. The highest BCUT2D eigenvalue weighted by Gasteiger charge is 2.29. The molecule has 5 heteroatoms. The molecule has 4 nitrogen and oxygen atoms in total. The van der Waals surface area contributed by atoms with Gasteiger partial charge in [0.1, 0.15) is 0 Å². The van der Waals surface area contributed by atoms with E-state index in [1.807, 2.05) is 19.1 Å². The number of nitrogens with one attached hydrogen (secondary N) is 1. The van der Waals surface area contributed by atoms with Crippen molar-refractivity contribution in [2.75, 3.05) is 11.5 Å². The van der Waals surface area contributed by atoms with Gasteiger partial charge in [-0.15, -0.1) is 0 Å². The summed E-state index contributed by atoms with van der Waals surface area (Å²) in [5.41, 5.74) is 1.50. The predicted molar refractivity (Wildman–Crippen MR) is 65.7 cm³/mol. The molecule has 1 amide bonds. The summed E-state index contributed by atoms with van der Waals surface area (Å²) in [6, 6.07) is 7.03. The topological polar surface area (TPSA) is 63.2 Å². The number of sulfone groups is 1. The van der Waals surface area contributed by atoms with Gasteiger partial charge < -0.3 is 5.32 Å². The Morgan fingerprint density at radius 2 is 2.06 bits per heavy atom. The molecule has 0 aliphatic carbocycles. The Labute approximate surface area is 101 Å². The normalized spacial score (nSPS) is 22.3. The Balaban J connectivity index is 2.06. The largest absolute Gasteiger partial charge is 0.348 e. The summed E-state index contributed by atoms with van der Waals surface area (Å²) in [4.78, 5) is 11.9. The first-order valence-corrected chi connectivity index (χ1v) is 7.37. The molecule has 1 aromatic rings. The van der Waals surface area contributed by atoms with Gasteiger partial charge in [0.05, 0.1) is 11.5 Å². The minimum absolute atomic E-state index is 0.0601. The van der Waals surface area contributed by atoms with Crippen LogP contribution in [0.1, 0.15) is 22.3 Å². The molecule has 1 aliphatic rings. The third-order valence-electron chi connectivity index (χ3n) is 2.96.